The van der Waals surface area contributed by atoms with Crippen LogP contribution in [0.25, 0.3) is 0 Å². The maximum atomic E-state index is 12.7. The van der Waals surface area contributed by atoms with Crippen LogP contribution in [-0.2, 0) is 4.79 Å². The van der Waals surface area contributed by atoms with Crippen molar-refractivity contribution in [2.45, 2.75) is 119 Å². The lowest BCUT2D eigenvalue weighted by molar-refractivity contribution is -0.272. The molecule has 0 bridgehead atoms. The number of Topliss-reactive ketones (excluding diaryl/α,β-unsaturated/α-hetero) is 1. The highest BCUT2D eigenvalue weighted by atomic mass is 16.3. The lowest BCUT2D eigenvalue weighted by Gasteiger charge is -2.75. The van der Waals surface area contributed by atoms with Crippen molar-refractivity contribution in [2.75, 3.05) is 6.61 Å². The molecule has 5 saturated carbocycles. The molecule has 0 saturated heterocycles. The molecule has 5 aliphatic rings. The third-order valence-corrected chi connectivity index (χ3v) is 13.7. The molecule has 5 fully saturated rings. The summed E-state index contributed by atoms with van der Waals surface area (Å²) in [6.07, 6.45) is 13.4. The van der Waals surface area contributed by atoms with Crippen molar-refractivity contribution < 1.29 is 9.90 Å². The molecule has 0 heterocycles. The van der Waals surface area contributed by atoms with Crippen molar-refractivity contribution in [3.63, 3.8) is 0 Å². The minimum Gasteiger partial charge on any atom is -0.396 e. The Labute approximate surface area is 197 Å². The largest absolute Gasteiger partial charge is 0.396 e. The summed E-state index contributed by atoms with van der Waals surface area (Å²) in [4.78, 5) is 12.7. The van der Waals surface area contributed by atoms with Crippen LogP contribution < -0.4 is 0 Å². The summed E-state index contributed by atoms with van der Waals surface area (Å²) >= 11 is 0. The highest BCUT2D eigenvalue weighted by Gasteiger charge is 2.72. The van der Waals surface area contributed by atoms with Crippen LogP contribution in [-0.4, -0.2) is 17.5 Å². The Morgan fingerprint density at radius 3 is 2.16 bits per heavy atom. The topological polar surface area (TPSA) is 37.3 Å². The second kappa shape index (κ2) is 6.86. The Morgan fingerprint density at radius 1 is 0.781 bits per heavy atom. The van der Waals surface area contributed by atoms with E-state index >= 15 is 0 Å². The van der Waals surface area contributed by atoms with Gasteiger partial charge in [0.15, 0.2) is 0 Å². The van der Waals surface area contributed by atoms with E-state index in [1.807, 2.05) is 0 Å². The Bertz CT molecular complexity index is 801. The fraction of sp³-hybridized carbons (Fsp3) is 0.967. The number of carbonyl (C=O) groups is 1. The van der Waals surface area contributed by atoms with Gasteiger partial charge in [-0.15, -0.1) is 0 Å². The molecule has 0 aromatic carbocycles. The second-order valence-electron chi connectivity index (χ2n) is 15.2. The van der Waals surface area contributed by atoms with E-state index in [4.69, 9.17) is 0 Å². The van der Waals surface area contributed by atoms with Gasteiger partial charge in [0.2, 0.25) is 0 Å². The number of ketones is 1. The molecule has 9 unspecified atom stereocenters. The minimum absolute atomic E-state index is 0.0591. The summed E-state index contributed by atoms with van der Waals surface area (Å²) in [6.45, 7) is 17.8. The van der Waals surface area contributed by atoms with Gasteiger partial charge in [-0.25, -0.2) is 0 Å². The van der Waals surface area contributed by atoms with Gasteiger partial charge in [-0.3, -0.25) is 4.79 Å². The van der Waals surface area contributed by atoms with Crippen molar-refractivity contribution in [1.29, 1.82) is 0 Å². The summed E-state index contributed by atoms with van der Waals surface area (Å²) in [7, 11) is 0. The Hall–Kier alpha value is -0.370. The molecular weight excluding hydrogens is 392 g/mol. The highest BCUT2D eigenvalue weighted by Crippen LogP contribution is 2.78. The van der Waals surface area contributed by atoms with Gasteiger partial charge in [-0.1, -0.05) is 48.5 Å². The van der Waals surface area contributed by atoms with E-state index in [0.29, 0.717) is 35.1 Å². The molecule has 5 aliphatic carbocycles. The van der Waals surface area contributed by atoms with Crippen LogP contribution >= 0.6 is 0 Å². The molecule has 0 aromatic heterocycles. The maximum absolute atomic E-state index is 12.7. The third kappa shape index (κ3) is 2.71. The molecule has 0 aromatic rings. The number of fused-ring (bicyclic) bond motifs is 7. The first kappa shape index (κ1) is 23.4. The fourth-order valence-corrected chi connectivity index (χ4v) is 11.3. The van der Waals surface area contributed by atoms with Gasteiger partial charge in [0.1, 0.15) is 5.78 Å². The molecule has 0 aliphatic heterocycles. The van der Waals surface area contributed by atoms with Gasteiger partial charge >= 0.3 is 0 Å². The van der Waals surface area contributed by atoms with Gasteiger partial charge in [-0.2, -0.15) is 0 Å². The first-order valence-electron chi connectivity index (χ1n) is 13.9. The van der Waals surface area contributed by atoms with Gasteiger partial charge in [0.05, 0.1) is 0 Å². The predicted molar refractivity (Wildman–Crippen MR) is 131 cm³/mol. The lowest BCUT2D eigenvalue weighted by Crippen LogP contribution is -2.69. The highest BCUT2D eigenvalue weighted by molar-refractivity contribution is 5.82. The molecule has 1 N–H and O–H groups in total. The van der Waals surface area contributed by atoms with Crippen LogP contribution in [0.15, 0.2) is 0 Å². The molecule has 0 radical (unpaired) electrons. The Balaban J connectivity index is 1.58. The molecule has 5 rings (SSSR count). The van der Waals surface area contributed by atoms with Crippen molar-refractivity contribution in [3.05, 3.63) is 0 Å². The lowest BCUT2D eigenvalue weighted by atomic mass is 9.30. The fourth-order valence-electron chi connectivity index (χ4n) is 11.3. The number of aliphatic hydroxyl groups is 1. The van der Waals surface area contributed by atoms with Crippen LogP contribution in [0.3, 0.4) is 0 Å². The van der Waals surface area contributed by atoms with E-state index in [-0.39, 0.29) is 27.6 Å². The van der Waals surface area contributed by atoms with Crippen LogP contribution in [0.2, 0.25) is 0 Å². The van der Waals surface area contributed by atoms with Crippen molar-refractivity contribution >= 4 is 5.78 Å². The number of hydrogen-bond donors (Lipinski definition) is 1. The molecule has 2 heteroatoms. The van der Waals surface area contributed by atoms with Crippen LogP contribution in [0.4, 0.5) is 0 Å². The number of hydrogen-bond acceptors (Lipinski definition) is 2. The first-order valence-corrected chi connectivity index (χ1v) is 13.9. The van der Waals surface area contributed by atoms with Crippen molar-refractivity contribution in [1.82, 2.24) is 0 Å². The van der Waals surface area contributed by atoms with Gasteiger partial charge < -0.3 is 5.11 Å². The molecule has 2 nitrogen and oxygen atoms in total. The van der Waals surface area contributed by atoms with E-state index in [9.17, 15) is 9.90 Å². The van der Waals surface area contributed by atoms with E-state index in [0.717, 1.165) is 18.8 Å². The predicted octanol–water partition coefficient (Wildman–Crippen LogP) is 7.43. The van der Waals surface area contributed by atoms with E-state index in [1.54, 1.807) is 0 Å². The molecule has 0 amide bonds. The van der Waals surface area contributed by atoms with Crippen molar-refractivity contribution in [2.24, 2.45) is 56.2 Å². The molecular formula is C30H50O2. The monoisotopic (exact) mass is 442 g/mol. The molecule has 182 valence electrons. The van der Waals surface area contributed by atoms with Gasteiger partial charge in [0, 0.05) is 24.4 Å². The average Bonchev–Trinajstić information content (AvgIpc) is 2.73. The number of rotatable bonds is 1. The van der Waals surface area contributed by atoms with E-state index < -0.39 is 0 Å². The van der Waals surface area contributed by atoms with Crippen LogP contribution in [0, 0.1) is 56.2 Å². The SMILES string of the molecule is CC1C(=O)CCC2C1(C)CCC1C2(C)CCC2(C)C3CC(C)(C)CCC3(C)CCC12CO. The van der Waals surface area contributed by atoms with Gasteiger partial charge in [-0.05, 0) is 109 Å². The zero-order valence-corrected chi connectivity index (χ0v) is 22.2. The van der Waals surface area contributed by atoms with Crippen LogP contribution in [0.5, 0.6) is 0 Å². The Kier molecular flexibility index (Phi) is 5.01. The average molecular weight is 443 g/mol. The number of aliphatic hydroxyl groups excluding tert-OH is 1. The van der Waals surface area contributed by atoms with Gasteiger partial charge in [0.25, 0.3) is 0 Å². The number of carbonyl (C=O) groups excluding carboxylic acids is 1. The smallest absolute Gasteiger partial charge is 0.136 e. The summed E-state index contributed by atoms with van der Waals surface area (Å²) in [5.74, 6) is 2.66. The summed E-state index contributed by atoms with van der Waals surface area (Å²) < 4.78 is 0. The van der Waals surface area contributed by atoms with Crippen molar-refractivity contribution in [3.8, 4) is 0 Å². The van der Waals surface area contributed by atoms with E-state index in [2.05, 4.69) is 48.5 Å². The first-order chi connectivity index (χ1) is 14.8. The maximum Gasteiger partial charge on any atom is 0.136 e. The minimum atomic E-state index is 0.0591. The molecule has 0 spiro atoms. The molecule has 32 heavy (non-hydrogen) atoms. The standard InChI is InChI=1S/C30H50O2/c1-20-21(32)8-9-22-27(20,5)11-10-23-28(22,6)15-16-29(7)24-18-25(2,3)12-13-26(24,4)14-17-30(23,29)19-31/h20,22-24,31H,8-19H2,1-7H3. The Morgan fingerprint density at radius 2 is 1.47 bits per heavy atom. The third-order valence-electron chi connectivity index (χ3n) is 13.7. The zero-order chi connectivity index (χ0) is 23.4. The molecule has 9 atom stereocenters. The quantitative estimate of drug-likeness (QED) is 0.458. The van der Waals surface area contributed by atoms with Crippen LogP contribution in [0.1, 0.15) is 119 Å². The summed E-state index contributed by atoms with van der Waals surface area (Å²) in [6, 6.07) is 0. The zero-order valence-electron chi connectivity index (χ0n) is 22.2. The normalized spacial score (nSPS) is 57.1. The summed E-state index contributed by atoms with van der Waals surface area (Å²) in [5, 5.41) is 11.3. The van der Waals surface area contributed by atoms with E-state index in [1.165, 1.54) is 57.8 Å². The second-order valence-corrected chi connectivity index (χ2v) is 15.2. The summed E-state index contributed by atoms with van der Waals surface area (Å²) in [5.41, 5.74) is 1.59.